The van der Waals surface area contributed by atoms with Crippen LogP contribution in [0.25, 0.3) is 0 Å². The maximum atomic E-state index is 11.5. The third-order valence-electron chi connectivity index (χ3n) is 1.74. The number of aliphatic hydroxyl groups excluding tert-OH is 1. The normalized spacial score (nSPS) is 11.9. The van der Waals surface area contributed by atoms with Crippen molar-refractivity contribution < 1.29 is 19.8 Å². The third-order valence-corrected chi connectivity index (χ3v) is 2.05. The van der Waals surface area contributed by atoms with E-state index in [0.717, 1.165) is 0 Å². The molecule has 0 fully saturated rings. The number of nitrogens with one attached hydrogen (secondary N) is 1. The Bertz CT molecular complexity index is 410. The van der Waals surface area contributed by atoms with Crippen molar-refractivity contribution in [2.24, 2.45) is 0 Å². The molecular weight excluding hydrogens is 236 g/mol. The Hall–Kier alpha value is -1.66. The number of nitrogens with zero attached hydrogens (tertiary/aromatic N) is 1. The second-order valence-electron chi connectivity index (χ2n) is 2.91. The summed E-state index contributed by atoms with van der Waals surface area (Å²) in [4.78, 5) is 25.4. The summed E-state index contributed by atoms with van der Waals surface area (Å²) in [5.74, 6) is -1.99. The Labute approximate surface area is 95.9 Å². The summed E-state index contributed by atoms with van der Waals surface area (Å²) in [6.45, 7) is -0.389. The van der Waals surface area contributed by atoms with Crippen molar-refractivity contribution in [3.05, 3.63) is 29.0 Å². The maximum Gasteiger partial charge on any atom is 0.334 e. The van der Waals surface area contributed by atoms with Gasteiger partial charge in [-0.3, -0.25) is 4.79 Å². The first-order chi connectivity index (χ1) is 7.52. The first-order valence-corrected chi connectivity index (χ1v) is 4.69. The highest BCUT2D eigenvalue weighted by Crippen LogP contribution is 2.10. The fraction of sp³-hybridized carbons (Fsp3) is 0.222. The molecule has 16 heavy (non-hydrogen) atoms. The van der Waals surface area contributed by atoms with E-state index in [1.54, 1.807) is 0 Å². The first kappa shape index (κ1) is 12.4. The maximum absolute atomic E-state index is 11.5. The van der Waals surface area contributed by atoms with Gasteiger partial charge in [0.2, 0.25) is 0 Å². The van der Waals surface area contributed by atoms with Crippen molar-refractivity contribution in [2.45, 2.75) is 6.10 Å². The van der Waals surface area contributed by atoms with Gasteiger partial charge >= 0.3 is 5.97 Å². The van der Waals surface area contributed by atoms with Crippen molar-refractivity contribution in [3.8, 4) is 0 Å². The molecule has 1 heterocycles. The van der Waals surface area contributed by atoms with E-state index in [1.807, 2.05) is 0 Å². The molecule has 1 aromatic heterocycles. The molecule has 0 bridgehead atoms. The fourth-order valence-corrected chi connectivity index (χ4v) is 1.13. The van der Waals surface area contributed by atoms with Gasteiger partial charge < -0.3 is 15.5 Å². The molecule has 0 aliphatic heterocycles. The topological polar surface area (TPSA) is 99.5 Å². The fourth-order valence-electron chi connectivity index (χ4n) is 0.927. The number of aliphatic hydroxyl groups is 1. The molecule has 0 aliphatic carbocycles. The third kappa shape index (κ3) is 3.18. The van der Waals surface area contributed by atoms with E-state index in [-0.39, 0.29) is 17.3 Å². The molecule has 1 aromatic rings. The Balaban J connectivity index is 2.60. The Morgan fingerprint density at radius 1 is 1.56 bits per heavy atom. The molecule has 0 saturated carbocycles. The van der Waals surface area contributed by atoms with Crippen LogP contribution < -0.4 is 5.32 Å². The zero-order valence-electron chi connectivity index (χ0n) is 8.05. The lowest BCUT2D eigenvalue weighted by atomic mass is 10.2. The summed E-state index contributed by atoms with van der Waals surface area (Å²) < 4.78 is 0. The number of aliphatic carboxylic acids is 1. The van der Waals surface area contributed by atoms with Gasteiger partial charge in [0.25, 0.3) is 5.91 Å². The zero-order chi connectivity index (χ0) is 12.1. The number of rotatable bonds is 4. The minimum absolute atomic E-state index is 0.0183. The van der Waals surface area contributed by atoms with E-state index >= 15 is 0 Å². The van der Waals surface area contributed by atoms with Crippen molar-refractivity contribution in [3.63, 3.8) is 0 Å². The largest absolute Gasteiger partial charge is 0.479 e. The highest BCUT2D eigenvalue weighted by Gasteiger charge is 2.16. The molecule has 1 rings (SSSR count). The van der Waals surface area contributed by atoms with Crippen molar-refractivity contribution in [1.29, 1.82) is 0 Å². The van der Waals surface area contributed by atoms with Crippen LogP contribution in [0.4, 0.5) is 0 Å². The molecule has 0 spiro atoms. The van der Waals surface area contributed by atoms with Crippen LogP contribution in [-0.2, 0) is 4.79 Å². The minimum Gasteiger partial charge on any atom is -0.479 e. The van der Waals surface area contributed by atoms with Crippen LogP contribution in [0.5, 0.6) is 0 Å². The average molecular weight is 245 g/mol. The number of amides is 1. The van der Waals surface area contributed by atoms with Crippen LogP contribution in [0.2, 0.25) is 5.15 Å². The molecule has 0 aliphatic rings. The number of carbonyl (C=O) groups is 2. The summed E-state index contributed by atoms with van der Waals surface area (Å²) >= 11 is 5.65. The quantitative estimate of drug-likeness (QED) is 0.643. The molecular formula is C9H9ClN2O4. The van der Waals surface area contributed by atoms with E-state index in [2.05, 4.69) is 10.3 Å². The van der Waals surface area contributed by atoms with E-state index in [0.29, 0.717) is 0 Å². The summed E-state index contributed by atoms with van der Waals surface area (Å²) in [5, 5.41) is 19.6. The SMILES string of the molecule is O=C(NCC(O)C(=O)O)c1cccnc1Cl. The van der Waals surface area contributed by atoms with Gasteiger partial charge in [-0.1, -0.05) is 11.6 Å². The van der Waals surface area contributed by atoms with Gasteiger partial charge in [-0.05, 0) is 12.1 Å². The molecule has 0 radical (unpaired) electrons. The second-order valence-corrected chi connectivity index (χ2v) is 3.26. The molecule has 3 N–H and O–H groups in total. The summed E-state index contributed by atoms with van der Waals surface area (Å²) in [5.41, 5.74) is 0.127. The van der Waals surface area contributed by atoms with Crippen LogP contribution >= 0.6 is 11.6 Å². The number of hydrogen-bond donors (Lipinski definition) is 3. The van der Waals surface area contributed by atoms with Crippen LogP contribution in [-0.4, -0.2) is 39.7 Å². The van der Waals surface area contributed by atoms with Gasteiger partial charge in [0, 0.05) is 6.20 Å². The van der Waals surface area contributed by atoms with E-state index in [1.165, 1.54) is 18.3 Å². The predicted octanol–water partition coefficient (Wildman–Crippen LogP) is -0.0897. The minimum atomic E-state index is -1.64. The Morgan fingerprint density at radius 2 is 2.25 bits per heavy atom. The van der Waals surface area contributed by atoms with Gasteiger partial charge in [0.1, 0.15) is 5.15 Å². The lowest BCUT2D eigenvalue weighted by Gasteiger charge is -2.08. The van der Waals surface area contributed by atoms with Gasteiger partial charge in [-0.15, -0.1) is 0 Å². The molecule has 86 valence electrons. The highest BCUT2D eigenvalue weighted by molar-refractivity contribution is 6.32. The van der Waals surface area contributed by atoms with Gasteiger partial charge in [0.15, 0.2) is 6.10 Å². The number of carboxylic acid groups (broad SMARTS) is 1. The van der Waals surface area contributed by atoms with Crippen molar-refractivity contribution in [2.75, 3.05) is 6.54 Å². The number of carboxylic acids is 1. The van der Waals surface area contributed by atoms with Crippen molar-refractivity contribution >= 4 is 23.5 Å². The van der Waals surface area contributed by atoms with Gasteiger partial charge in [-0.2, -0.15) is 0 Å². The smallest absolute Gasteiger partial charge is 0.334 e. The molecule has 0 saturated heterocycles. The average Bonchev–Trinajstić information content (AvgIpc) is 2.25. The number of halogens is 1. The lowest BCUT2D eigenvalue weighted by molar-refractivity contribution is -0.146. The molecule has 1 atom stereocenters. The molecule has 1 amide bonds. The first-order valence-electron chi connectivity index (χ1n) is 4.32. The molecule has 7 heteroatoms. The van der Waals surface area contributed by atoms with Crippen LogP contribution in [0, 0.1) is 0 Å². The van der Waals surface area contributed by atoms with E-state index in [9.17, 15) is 9.59 Å². The number of aromatic nitrogens is 1. The van der Waals surface area contributed by atoms with Gasteiger partial charge in [0.05, 0.1) is 12.1 Å². The Kier molecular flexibility index (Phi) is 4.21. The van der Waals surface area contributed by atoms with Gasteiger partial charge in [-0.25, -0.2) is 9.78 Å². The lowest BCUT2D eigenvalue weighted by Crippen LogP contribution is -2.36. The summed E-state index contributed by atoms with van der Waals surface area (Å²) in [7, 11) is 0. The molecule has 1 unspecified atom stereocenters. The number of pyridine rings is 1. The second kappa shape index (κ2) is 5.43. The summed E-state index contributed by atoms with van der Waals surface area (Å²) in [6, 6.07) is 2.96. The highest BCUT2D eigenvalue weighted by atomic mass is 35.5. The van der Waals surface area contributed by atoms with Crippen LogP contribution in [0.1, 0.15) is 10.4 Å². The monoisotopic (exact) mass is 244 g/mol. The number of hydrogen-bond acceptors (Lipinski definition) is 4. The van der Waals surface area contributed by atoms with Crippen molar-refractivity contribution in [1.82, 2.24) is 10.3 Å². The standard InChI is InChI=1S/C9H9ClN2O4/c10-7-5(2-1-3-11-7)8(14)12-4-6(13)9(15)16/h1-3,6,13H,4H2,(H,12,14)(H,15,16). The van der Waals surface area contributed by atoms with E-state index in [4.69, 9.17) is 21.8 Å². The summed E-state index contributed by atoms with van der Waals surface area (Å²) in [6.07, 6.45) is -0.218. The van der Waals surface area contributed by atoms with Crippen LogP contribution in [0.15, 0.2) is 18.3 Å². The predicted molar refractivity (Wildman–Crippen MR) is 55.2 cm³/mol. The van der Waals surface area contributed by atoms with Crippen LogP contribution in [0.3, 0.4) is 0 Å². The molecule has 6 nitrogen and oxygen atoms in total. The number of carbonyl (C=O) groups excluding carboxylic acids is 1. The zero-order valence-corrected chi connectivity index (χ0v) is 8.81. The Morgan fingerprint density at radius 3 is 2.81 bits per heavy atom. The molecule has 0 aromatic carbocycles. The van der Waals surface area contributed by atoms with E-state index < -0.39 is 18.0 Å².